The van der Waals surface area contributed by atoms with Gasteiger partial charge in [0.1, 0.15) is 6.61 Å². The van der Waals surface area contributed by atoms with Gasteiger partial charge in [-0.2, -0.15) is 0 Å². The molecule has 0 radical (unpaired) electrons. The second kappa shape index (κ2) is 9.86. The van der Waals surface area contributed by atoms with Crippen LogP contribution >= 0.6 is 11.6 Å². The fourth-order valence-corrected chi connectivity index (χ4v) is 2.78. The van der Waals surface area contributed by atoms with Gasteiger partial charge in [-0.3, -0.25) is 0 Å². The lowest BCUT2D eigenvalue weighted by molar-refractivity contribution is 0.269. The molecular weight excluding hydrogens is 360 g/mol. The summed E-state index contributed by atoms with van der Waals surface area (Å²) in [7, 11) is 0. The molecule has 3 rings (SSSR count). The van der Waals surface area contributed by atoms with Crippen molar-refractivity contribution in [1.82, 2.24) is 5.43 Å². The van der Waals surface area contributed by atoms with Gasteiger partial charge in [-0.15, -0.1) is 0 Å². The molecule has 0 bridgehead atoms. The van der Waals surface area contributed by atoms with Gasteiger partial charge in [0.15, 0.2) is 11.5 Å². The van der Waals surface area contributed by atoms with Crippen molar-refractivity contribution < 1.29 is 9.47 Å². The lowest BCUT2D eigenvalue weighted by atomic mass is 10.2. The first-order valence-electron chi connectivity index (χ1n) is 8.92. The second-order valence-corrected chi connectivity index (χ2v) is 6.35. The van der Waals surface area contributed by atoms with Crippen LogP contribution in [-0.2, 0) is 13.2 Å². The van der Waals surface area contributed by atoms with Crippen LogP contribution in [0.25, 0.3) is 0 Å². The molecule has 2 N–H and O–H groups in total. The third-order valence-corrected chi connectivity index (χ3v) is 4.32. The van der Waals surface area contributed by atoms with E-state index in [9.17, 15) is 0 Å². The summed E-state index contributed by atoms with van der Waals surface area (Å²) in [5, 5.41) is 0.697. The maximum Gasteiger partial charge on any atom is 0.161 e. The Labute approximate surface area is 165 Å². The van der Waals surface area contributed by atoms with Gasteiger partial charge in [-0.1, -0.05) is 54.1 Å². The zero-order chi connectivity index (χ0) is 18.9. The minimum Gasteiger partial charge on any atom is -0.490 e. The van der Waals surface area contributed by atoms with Gasteiger partial charge in [0, 0.05) is 22.8 Å². The number of benzene rings is 3. The molecule has 0 aliphatic rings. The smallest absolute Gasteiger partial charge is 0.161 e. The van der Waals surface area contributed by atoms with Crippen LogP contribution in [-0.4, -0.2) is 6.61 Å². The highest BCUT2D eigenvalue weighted by molar-refractivity contribution is 6.31. The van der Waals surface area contributed by atoms with E-state index in [2.05, 4.69) is 10.9 Å². The van der Waals surface area contributed by atoms with E-state index < -0.39 is 0 Å². The SMILES string of the molecule is CCOc1cc(CNNc2ccccc2)ccc1OCc1ccccc1Cl. The van der Waals surface area contributed by atoms with Crippen LogP contribution in [0.2, 0.25) is 5.02 Å². The summed E-state index contributed by atoms with van der Waals surface area (Å²) in [5.74, 6) is 1.43. The standard InChI is InChI=1S/C22H23ClN2O2/c1-2-26-22-14-17(15-24-25-19-9-4-3-5-10-19)12-13-21(22)27-16-18-8-6-7-11-20(18)23/h3-14,24-25H,2,15-16H2,1H3. The topological polar surface area (TPSA) is 42.5 Å². The van der Waals surface area contributed by atoms with Gasteiger partial charge >= 0.3 is 0 Å². The molecule has 0 unspecified atom stereocenters. The summed E-state index contributed by atoms with van der Waals surface area (Å²) in [5.41, 5.74) is 9.43. The van der Waals surface area contributed by atoms with Gasteiger partial charge in [-0.05, 0) is 42.8 Å². The fraction of sp³-hybridized carbons (Fsp3) is 0.182. The first-order chi connectivity index (χ1) is 13.3. The Balaban J connectivity index is 1.62. The summed E-state index contributed by atoms with van der Waals surface area (Å²) < 4.78 is 11.7. The van der Waals surface area contributed by atoms with E-state index in [1.807, 2.05) is 79.7 Å². The fourth-order valence-electron chi connectivity index (χ4n) is 2.59. The Hall–Kier alpha value is -2.69. The molecule has 0 saturated heterocycles. The highest BCUT2D eigenvalue weighted by atomic mass is 35.5. The molecular formula is C22H23ClN2O2. The number of ether oxygens (including phenoxy) is 2. The van der Waals surface area contributed by atoms with E-state index >= 15 is 0 Å². The molecule has 3 aromatic carbocycles. The quantitative estimate of drug-likeness (QED) is 0.484. The van der Waals surface area contributed by atoms with Crippen molar-refractivity contribution in [2.45, 2.75) is 20.1 Å². The van der Waals surface area contributed by atoms with Gasteiger partial charge in [0.2, 0.25) is 0 Å². The van der Waals surface area contributed by atoms with Crippen molar-refractivity contribution in [3.05, 3.63) is 88.9 Å². The Morgan fingerprint density at radius 1 is 0.852 bits per heavy atom. The molecule has 0 amide bonds. The molecule has 27 heavy (non-hydrogen) atoms. The summed E-state index contributed by atoms with van der Waals surface area (Å²) in [6.45, 7) is 3.58. The predicted octanol–water partition coefficient (Wildman–Crippen LogP) is 5.43. The number of anilines is 1. The predicted molar refractivity (Wildman–Crippen MR) is 110 cm³/mol. The van der Waals surface area contributed by atoms with Gasteiger partial charge in [-0.25, -0.2) is 5.43 Å². The average molecular weight is 383 g/mol. The van der Waals surface area contributed by atoms with Crippen molar-refractivity contribution in [2.75, 3.05) is 12.0 Å². The van der Waals surface area contributed by atoms with E-state index in [0.717, 1.165) is 22.6 Å². The Kier molecular flexibility index (Phi) is 6.97. The van der Waals surface area contributed by atoms with Crippen LogP contribution in [0.4, 0.5) is 5.69 Å². The van der Waals surface area contributed by atoms with Crippen molar-refractivity contribution in [3.8, 4) is 11.5 Å². The van der Waals surface area contributed by atoms with Crippen LogP contribution in [0.5, 0.6) is 11.5 Å². The molecule has 0 atom stereocenters. The van der Waals surface area contributed by atoms with Crippen LogP contribution in [0.1, 0.15) is 18.1 Å². The number of hydrogen-bond acceptors (Lipinski definition) is 4. The summed E-state index contributed by atoms with van der Waals surface area (Å²) in [6.07, 6.45) is 0. The van der Waals surface area contributed by atoms with E-state index in [1.54, 1.807) is 0 Å². The lowest BCUT2D eigenvalue weighted by Crippen LogP contribution is -2.20. The molecule has 0 aliphatic carbocycles. The number of nitrogens with one attached hydrogen (secondary N) is 2. The molecule has 5 heteroatoms. The molecule has 0 fully saturated rings. The maximum atomic E-state index is 6.20. The second-order valence-electron chi connectivity index (χ2n) is 5.94. The van der Waals surface area contributed by atoms with Crippen LogP contribution in [0.15, 0.2) is 72.8 Å². The van der Waals surface area contributed by atoms with E-state index in [-0.39, 0.29) is 0 Å². The zero-order valence-corrected chi connectivity index (χ0v) is 16.0. The van der Waals surface area contributed by atoms with E-state index in [1.165, 1.54) is 0 Å². The number of hydrazine groups is 1. The largest absolute Gasteiger partial charge is 0.490 e. The third-order valence-electron chi connectivity index (χ3n) is 3.95. The molecule has 3 aromatic rings. The van der Waals surface area contributed by atoms with Gasteiger partial charge < -0.3 is 14.9 Å². The van der Waals surface area contributed by atoms with E-state index in [4.69, 9.17) is 21.1 Å². The summed E-state index contributed by atoms with van der Waals surface area (Å²) in [4.78, 5) is 0. The molecule has 4 nitrogen and oxygen atoms in total. The summed E-state index contributed by atoms with van der Waals surface area (Å²) in [6, 6.07) is 23.6. The van der Waals surface area contributed by atoms with Crippen LogP contribution in [0.3, 0.4) is 0 Å². The van der Waals surface area contributed by atoms with Crippen molar-refractivity contribution >= 4 is 17.3 Å². The average Bonchev–Trinajstić information content (AvgIpc) is 2.69. The minimum absolute atomic E-state index is 0.396. The van der Waals surface area contributed by atoms with Gasteiger partial charge in [0.05, 0.1) is 6.61 Å². The number of rotatable bonds is 9. The van der Waals surface area contributed by atoms with Crippen molar-refractivity contribution in [1.29, 1.82) is 0 Å². The van der Waals surface area contributed by atoms with Crippen LogP contribution < -0.4 is 20.3 Å². The number of para-hydroxylation sites is 1. The highest BCUT2D eigenvalue weighted by Gasteiger charge is 2.08. The molecule has 140 valence electrons. The monoisotopic (exact) mass is 382 g/mol. The molecule has 0 aromatic heterocycles. The number of halogens is 1. The lowest BCUT2D eigenvalue weighted by Gasteiger charge is -2.15. The molecule has 0 heterocycles. The molecule has 0 spiro atoms. The van der Waals surface area contributed by atoms with Crippen molar-refractivity contribution in [2.24, 2.45) is 0 Å². The summed E-state index contributed by atoms with van der Waals surface area (Å²) >= 11 is 6.20. The highest BCUT2D eigenvalue weighted by Crippen LogP contribution is 2.30. The number of hydrogen-bond donors (Lipinski definition) is 2. The first-order valence-corrected chi connectivity index (χ1v) is 9.30. The minimum atomic E-state index is 0.396. The Bertz CT molecular complexity index is 856. The third kappa shape index (κ3) is 5.64. The van der Waals surface area contributed by atoms with Gasteiger partial charge in [0.25, 0.3) is 0 Å². The zero-order valence-electron chi connectivity index (χ0n) is 15.2. The molecule has 0 saturated carbocycles. The van der Waals surface area contributed by atoms with Crippen LogP contribution in [0, 0.1) is 0 Å². The maximum absolute atomic E-state index is 6.20. The molecule has 0 aliphatic heterocycles. The first kappa shape index (κ1) is 19.1. The normalized spacial score (nSPS) is 10.4. The van der Waals surface area contributed by atoms with E-state index in [0.29, 0.717) is 30.5 Å². The Morgan fingerprint density at radius 2 is 1.63 bits per heavy atom. The van der Waals surface area contributed by atoms with Crippen molar-refractivity contribution in [3.63, 3.8) is 0 Å². The Morgan fingerprint density at radius 3 is 2.41 bits per heavy atom.